The predicted molar refractivity (Wildman–Crippen MR) is 155 cm³/mol. The molecule has 1 aromatic heterocycles. The molecule has 0 radical (unpaired) electrons. The summed E-state index contributed by atoms with van der Waals surface area (Å²) in [4.78, 5) is 55.4. The number of hydrogen-bond acceptors (Lipinski definition) is 8. The van der Waals surface area contributed by atoms with Gasteiger partial charge in [0.05, 0.1) is 24.0 Å². The first-order valence-electron chi connectivity index (χ1n) is 13.6. The van der Waals surface area contributed by atoms with Crippen molar-refractivity contribution in [2.75, 3.05) is 26.2 Å². The summed E-state index contributed by atoms with van der Waals surface area (Å²) in [5.41, 5.74) is -0.502. The van der Waals surface area contributed by atoms with Crippen LogP contribution in [-0.4, -0.2) is 74.6 Å². The third-order valence-electron chi connectivity index (χ3n) is 9.25. The fourth-order valence-electron chi connectivity index (χ4n) is 7.19. The number of ether oxygens (including phenoxy) is 1. The van der Waals surface area contributed by atoms with Gasteiger partial charge in [-0.1, -0.05) is 29.3 Å². The van der Waals surface area contributed by atoms with Gasteiger partial charge in [-0.3, -0.25) is 29.1 Å². The monoisotopic (exact) mass is 686 g/mol. The van der Waals surface area contributed by atoms with E-state index in [-0.39, 0.29) is 29.4 Å². The van der Waals surface area contributed by atoms with E-state index in [1.807, 2.05) is 0 Å². The van der Waals surface area contributed by atoms with Gasteiger partial charge < -0.3 is 9.84 Å². The second kappa shape index (κ2) is 10.2. The number of amides is 4. The molecule has 6 rings (SSSR count). The second-order valence-electron chi connectivity index (χ2n) is 11.4. The fourth-order valence-corrected chi connectivity index (χ4v) is 8.44. The largest absolute Gasteiger partial charge is 0.504 e. The van der Waals surface area contributed by atoms with E-state index in [0.717, 1.165) is 16.0 Å². The van der Waals surface area contributed by atoms with Gasteiger partial charge in [-0.05, 0) is 48.6 Å². The molecule has 10 nitrogen and oxygen atoms in total. The van der Waals surface area contributed by atoms with Crippen LogP contribution in [-0.2, 0) is 25.4 Å². The maximum atomic E-state index is 14.1. The van der Waals surface area contributed by atoms with Crippen molar-refractivity contribution in [1.82, 2.24) is 14.9 Å². The van der Waals surface area contributed by atoms with Crippen molar-refractivity contribution < 1.29 is 42.2 Å². The Morgan fingerprint density at radius 3 is 2.38 bits per heavy atom. The number of pyridine rings is 1. The molecule has 0 spiro atoms. The molecule has 3 heterocycles. The van der Waals surface area contributed by atoms with E-state index in [0.29, 0.717) is 22.2 Å². The van der Waals surface area contributed by atoms with Crippen molar-refractivity contribution in [3.63, 3.8) is 0 Å². The minimum absolute atomic E-state index is 0.00797. The number of phenolic OH excluding ortho intramolecular Hbond substituents is 1. The van der Waals surface area contributed by atoms with E-state index in [1.54, 1.807) is 12.1 Å². The molecule has 1 aromatic carbocycles. The van der Waals surface area contributed by atoms with Crippen LogP contribution < -0.4 is 9.75 Å². The normalized spacial score (nSPS) is 31.1. The summed E-state index contributed by atoms with van der Waals surface area (Å²) in [6.07, 6.45) is -3.43. The number of imide groups is 2. The minimum Gasteiger partial charge on any atom is -0.504 e. The molecule has 3 fully saturated rings. The van der Waals surface area contributed by atoms with Crippen LogP contribution in [0.5, 0.6) is 11.5 Å². The van der Waals surface area contributed by atoms with Crippen LogP contribution in [0.4, 0.5) is 19.0 Å². The summed E-state index contributed by atoms with van der Waals surface area (Å²) in [6, 6.07) is 5.98. The number of anilines is 1. The van der Waals surface area contributed by atoms with Gasteiger partial charge in [0.25, 0.3) is 23.6 Å². The van der Waals surface area contributed by atoms with Crippen LogP contribution >= 0.6 is 34.8 Å². The van der Waals surface area contributed by atoms with Gasteiger partial charge in [0.1, 0.15) is 5.69 Å². The van der Waals surface area contributed by atoms with Crippen LogP contribution in [0.25, 0.3) is 0 Å². The Morgan fingerprint density at radius 2 is 1.76 bits per heavy atom. The number of aromatic hydroxyl groups is 1. The number of alkyl halides is 5. The Hall–Kier alpha value is -3.55. The molecule has 1 saturated carbocycles. The standard InChI is InChI=1S/C29H24Cl3F3N4O6/c1-37-25(43)27(31)11-15-13(21(28(27,32)26(37)44)12-4-8-18(45-3)17(40)10-12)5-6-14-20(15)24(42)39(23(14)41)38(2)22-16(30)7-9-19(36-22)29(33,34)35/h4-5,7-10,14-15,20-21,40H,6,11H2,1-3H3/t14-,15+,20-,21-,27+,28-/m0/s1. The molecule has 2 aromatic rings. The molecule has 2 saturated heterocycles. The van der Waals surface area contributed by atoms with Crippen LogP contribution in [0.15, 0.2) is 42.0 Å². The Bertz CT molecular complexity index is 1720. The van der Waals surface area contributed by atoms with E-state index < -0.39 is 74.7 Å². The third kappa shape index (κ3) is 4.19. The van der Waals surface area contributed by atoms with Crippen molar-refractivity contribution in [2.24, 2.45) is 17.8 Å². The maximum absolute atomic E-state index is 14.1. The summed E-state index contributed by atoms with van der Waals surface area (Å²) < 4.78 is 45.5. The molecule has 6 atom stereocenters. The summed E-state index contributed by atoms with van der Waals surface area (Å²) in [5.74, 6) is -7.78. The smallest absolute Gasteiger partial charge is 0.433 e. The van der Waals surface area contributed by atoms with Crippen molar-refractivity contribution in [3.05, 3.63) is 58.3 Å². The molecule has 2 aliphatic carbocycles. The van der Waals surface area contributed by atoms with Crippen LogP contribution in [0.3, 0.4) is 0 Å². The molecule has 2 aliphatic heterocycles. The predicted octanol–water partition coefficient (Wildman–Crippen LogP) is 4.51. The van der Waals surface area contributed by atoms with Crippen molar-refractivity contribution in [2.45, 2.75) is 34.7 Å². The Kier molecular flexibility index (Phi) is 7.15. The van der Waals surface area contributed by atoms with Crippen molar-refractivity contribution >= 4 is 64.2 Å². The van der Waals surface area contributed by atoms with Gasteiger partial charge in [0.2, 0.25) is 0 Å². The molecule has 0 bridgehead atoms. The van der Waals surface area contributed by atoms with E-state index in [9.17, 15) is 37.5 Å². The maximum Gasteiger partial charge on any atom is 0.433 e. The molecular formula is C29H24Cl3F3N4O6. The van der Waals surface area contributed by atoms with Crippen LogP contribution in [0.2, 0.25) is 5.02 Å². The average Bonchev–Trinajstić information content (AvgIpc) is 3.31. The topological polar surface area (TPSA) is 120 Å². The van der Waals surface area contributed by atoms with Gasteiger partial charge in [0, 0.05) is 20.0 Å². The number of rotatable bonds is 4. The highest BCUT2D eigenvalue weighted by Gasteiger charge is 2.76. The number of allylic oxidation sites excluding steroid dienone is 2. The second-order valence-corrected chi connectivity index (χ2v) is 13.1. The van der Waals surface area contributed by atoms with Crippen LogP contribution in [0, 0.1) is 17.8 Å². The molecule has 1 N–H and O–H groups in total. The minimum atomic E-state index is -4.82. The lowest BCUT2D eigenvalue weighted by Gasteiger charge is -2.50. The summed E-state index contributed by atoms with van der Waals surface area (Å²) in [7, 11) is 3.79. The zero-order chi connectivity index (χ0) is 33.0. The average molecular weight is 688 g/mol. The van der Waals surface area contributed by atoms with E-state index in [2.05, 4.69) is 4.98 Å². The van der Waals surface area contributed by atoms with E-state index >= 15 is 0 Å². The first-order chi connectivity index (χ1) is 21.0. The zero-order valence-corrected chi connectivity index (χ0v) is 26.0. The number of hydrogen-bond donors (Lipinski definition) is 1. The first-order valence-corrected chi connectivity index (χ1v) is 14.7. The number of halogens is 6. The number of phenols is 1. The summed E-state index contributed by atoms with van der Waals surface area (Å²) in [6.45, 7) is 0. The van der Waals surface area contributed by atoms with Gasteiger partial charge in [0.15, 0.2) is 27.1 Å². The van der Waals surface area contributed by atoms with Crippen molar-refractivity contribution in [1.29, 1.82) is 0 Å². The molecule has 238 valence electrons. The number of benzene rings is 1. The number of nitrogens with zero attached hydrogens (tertiary/aromatic N) is 4. The lowest BCUT2D eigenvalue weighted by atomic mass is 9.56. The lowest BCUT2D eigenvalue weighted by molar-refractivity contribution is -0.141. The summed E-state index contributed by atoms with van der Waals surface area (Å²) in [5, 5.41) is 12.0. The molecule has 4 amide bonds. The molecule has 16 heteroatoms. The Balaban J connectivity index is 1.46. The zero-order valence-electron chi connectivity index (χ0n) is 23.7. The SMILES string of the molecule is COc1ccc([C@H]2C3=CC[C@@H]4C(=O)N(N(C)c5nc(C(F)(F)F)ccc5Cl)C(=O)[C@@H]4[C@@H]3C[C@@]3(Cl)C(=O)N(C)C(=O)[C@@]23Cl)cc1O. The number of hydrazine groups is 1. The highest BCUT2D eigenvalue weighted by atomic mass is 35.5. The fraction of sp³-hybridized carbons (Fsp3) is 0.414. The Morgan fingerprint density at radius 1 is 1.07 bits per heavy atom. The molecule has 45 heavy (non-hydrogen) atoms. The van der Waals surface area contributed by atoms with Gasteiger partial charge in [-0.15, -0.1) is 23.2 Å². The highest BCUT2D eigenvalue weighted by molar-refractivity contribution is 6.53. The number of carbonyl (C=O) groups excluding carboxylic acids is 4. The van der Waals surface area contributed by atoms with Crippen molar-refractivity contribution in [3.8, 4) is 11.5 Å². The first kappa shape index (κ1) is 31.4. The van der Waals surface area contributed by atoms with Gasteiger partial charge in [-0.2, -0.15) is 18.2 Å². The third-order valence-corrected chi connectivity index (χ3v) is 11.0. The van der Waals surface area contributed by atoms with Crippen LogP contribution in [0.1, 0.15) is 30.0 Å². The highest BCUT2D eigenvalue weighted by Crippen LogP contribution is 2.65. The number of aromatic nitrogens is 1. The number of likely N-dealkylation sites (tertiary alicyclic amines) is 1. The number of carbonyl (C=O) groups is 4. The molecular weight excluding hydrogens is 664 g/mol. The molecule has 0 unspecified atom stereocenters. The van der Waals surface area contributed by atoms with Gasteiger partial charge in [-0.25, -0.2) is 4.98 Å². The lowest BCUT2D eigenvalue weighted by Crippen LogP contribution is -2.60. The quantitative estimate of drug-likeness (QED) is 0.284. The van der Waals surface area contributed by atoms with Gasteiger partial charge >= 0.3 is 6.18 Å². The summed E-state index contributed by atoms with van der Waals surface area (Å²) >= 11 is 20.4. The van der Waals surface area contributed by atoms with E-state index in [1.165, 1.54) is 33.3 Å². The number of fused-ring (bicyclic) bond motifs is 4. The molecule has 4 aliphatic rings. The number of methoxy groups -OCH3 is 1. The Labute approximate surface area is 269 Å². The van der Waals surface area contributed by atoms with E-state index in [4.69, 9.17) is 39.5 Å².